The minimum Gasteiger partial charge on any atom is -0.426 e. The van der Waals surface area contributed by atoms with E-state index in [2.05, 4.69) is 15.9 Å². The summed E-state index contributed by atoms with van der Waals surface area (Å²) in [5.74, 6) is -2.90. The highest BCUT2D eigenvalue weighted by Gasteiger charge is 2.45. The first kappa shape index (κ1) is 18.8. The number of hydrogen-bond acceptors (Lipinski definition) is 4. The number of esters is 1. The maximum absolute atomic E-state index is 13.0. The van der Waals surface area contributed by atoms with Crippen LogP contribution in [0.3, 0.4) is 0 Å². The molecule has 0 N–H and O–H groups in total. The molecule has 0 aliphatic carbocycles. The van der Waals surface area contributed by atoms with Gasteiger partial charge in [-0.3, -0.25) is 14.4 Å². The Morgan fingerprint density at radius 1 is 1.15 bits per heavy atom. The molecule has 0 saturated carbocycles. The van der Waals surface area contributed by atoms with Crippen molar-refractivity contribution in [3.05, 3.63) is 63.1 Å². The quantitative estimate of drug-likeness (QED) is 0.299. The zero-order valence-corrected chi connectivity index (χ0v) is 16.5. The van der Waals surface area contributed by atoms with Crippen molar-refractivity contribution in [2.75, 3.05) is 0 Å². The van der Waals surface area contributed by atoms with Gasteiger partial charge < -0.3 is 4.74 Å². The first-order valence-electron chi connectivity index (χ1n) is 8.11. The molecule has 4 nitrogen and oxygen atoms in total. The summed E-state index contributed by atoms with van der Waals surface area (Å²) in [6.45, 7) is 3.09. The first-order valence-corrected chi connectivity index (χ1v) is 9.28. The minimum atomic E-state index is -1.01. The lowest BCUT2D eigenvalue weighted by Crippen LogP contribution is -2.40. The topological polar surface area (TPSA) is 60.4 Å². The Kier molecular flexibility index (Phi) is 5.30. The molecular formula is C20H16BrClO4. The average molecular weight is 436 g/mol. The van der Waals surface area contributed by atoms with Gasteiger partial charge in [0.25, 0.3) is 0 Å². The van der Waals surface area contributed by atoms with Crippen LogP contribution in [0.1, 0.15) is 35.7 Å². The fourth-order valence-corrected chi connectivity index (χ4v) is 3.89. The van der Waals surface area contributed by atoms with E-state index in [9.17, 15) is 14.4 Å². The van der Waals surface area contributed by atoms with Gasteiger partial charge in [-0.2, -0.15) is 0 Å². The molecule has 3 rings (SSSR count). The first-order chi connectivity index (χ1) is 12.3. The van der Waals surface area contributed by atoms with Crippen molar-refractivity contribution in [1.29, 1.82) is 0 Å². The molecule has 0 amide bonds. The fraction of sp³-hybridized carbons (Fsp3) is 0.250. The van der Waals surface area contributed by atoms with Gasteiger partial charge >= 0.3 is 5.97 Å². The summed E-state index contributed by atoms with van der Waals surface area (Å²) in [6.07, 6.45) is 0. The Bertz CT molecular complexity index is 891. The molecule has 1 aliphatic heterocycles. The van der Waals surface area contributed by atoms with Crippen LogP contribution in [-0.2, 0) is 9.59 Å². The summed E-state index contributed by atoms with van der Waals surface area (Å²) < 4.78 is 6.12. The van der Waals surface area contributed by atoms with Gasteiger partial charge in [0, 0.05) is 32.5 Å². The van der Waals surface area contributed by atoms with Gasteiger partial charge in [0.2, 0.25) is 0 Å². The van der Waals surface area contributed by atoms with E-state index in [1.165, 1.54) is 6.92 Å². The highest BCUT2D eigenvalue weighted by atomic mass is 79.9. The predicted molar refractivity (Wildman–Crippen MR) is 102 cm³/mol. The van der Waals surface area contributed by atoms with Crippen LogP contribution in [0.25, 0.3) is 0 Å². The Labute approximate surface area is 164 Å². The van der Waals surface area contributed by atoms with E-state index in [-0.39, 0.29) is 11.6 Å². The molecule has 3 atom stereocenters. The Balaban J connectivity index is 2.07. The molecule has 134 valence electrons. The molecule has 0 radical (unpaired) electrons. The molecule has 26 heavy (non-hydrogen) atoms. The summed E-state index contributed by atoms with van der Waals surface area (Å²) in [4.78, 5) is 37.6. The molecule has 0 saturated heterocycles. The maximum Gasteiger partial charge on any atom is 0.322 e. The van der Waals surface area contributed by atoms with Crippen molar-refractivity contribution in [3.63, 3.8) is 0 Å². The predicted octanol–water partition coefficient (Wildman–Crippen LogP) is 4.83. The zero-order valence-electron chi connectivity index (χ0n) is 14.2. The number of Topliss-reactive ketones (excluding diaryl/α,β-unsaturated/α-hetero) is 2. The Hall–Kier alpha value is -1.98. The lowest BCUT2D eigenvalue weighted by Gasteiger charge is -2.34. The van der Waals surface area contributed by atoms with Gasteiger partial charge in [-0.15, -0.1) is 0 Å². The summed E-state index contributed by atoms with van der Waals surface area (Å²) in [7, 11) is 0. The van der Waals surface area contributed by atoms with Crippen molar-refractivity contribution in [3.8, 4) is 5.75 Å². The maximum atomic E-state index is 13.0. The van der Waals surface area contributed by atoms with Crippen LogP contribution in [-0.4, -0.2) is 17.5 Å². The van der Waals surface area contributed by atoms with E-state index in [1.807, 2.05) is 0 Å². The molecule has 1 heterocycles. The molecular weight excluding hydrogens is 420 g/mol. The molecule has 6 heteroatoms. The number of ketones is 2. The summed E-state index contributed by atoms with van der Waals surface area (Å²) in [5, 5.41) is 0.534. The number of ether oxygens (including phenoxy) is 1. The third-order valence-corrected chi connectivity index (χ3v) is 5.42. The number of carbonyl (C=O) groups excluding carboxylic acids is 3. The van der Waals surface area contributed by atoms with Gasteiger partial charge in [-0.1, -0.05) is 34.5 Å². The molecule has 2 aromatic carbocycles. The second kappa shape index (κ2) is 7.33. The van der Waals surface area contributed by atoms with Crippen LogP contribution < -0.4 is 4.74 Å². The fourth-order valence-electron chi connectivity index (χ4n) is 3.39. The molecule has 2 aromatic rings. The van der Waals surface area contributed by atoms with Crippen molar-refractivity contribution >= 4 is 45.1 Å². The van der Waals surface area contributed by atoms with Crippen LogP contribution in [0.4, 0.5) is 0 Å². The standard InChI is InChI=1S/C20H16BrClO4/c1-10(19(24)12-3-6-14(22)7-4-12)17-15-9-13(21)5-8-16(15)26-20(25)18(17)11(2)23/h3-10,17-18H,1-2H3/t10-,17+,18-/m1/s1. The van der Waals surface area contributed by atoms with Gasteiger partial charge in [-0.05, 0) is 49.4 Å². The van der Waals surface area contributed by atoms with Crippen LogP contribution in [0.15, 0.2) is 46.9 Å². The van der Waals surface area contributed by atoms with Crippen LogP contribution in [0.2, 0.25) is 5.02 Å². The smallest absolute Gasteiger partial charge is 0.322 e. The van der Waals surface area contributed by atoms with E-state index < -0.39 is 23.7 Å². The van der Waals surface area contributed by atoms with Gasteiger partial charge in [0.15, 0.2) is 5.78 Å². The SMILES string of the molecule is CC(=O)[C@H]1C(=O)Oc2ccc(Br)cc2[C@@H]1[C@@H](C)C(=O)c1ccc(Cl)cc1. The van der Waals surface area contributed by atoms with E-state index in [0.717, 1.165) is 4.47 Å². The summed E-state index contributed by atoms with van der Waals surface area (Å²) >= 11 is 9.29. The second-order valence-corrected chi connectivity index (χ2v) is 7.73. The number of halogens is 2. The number of rotatable bonds is 4. The van der Waals surface area contributed by atoms with Crippen molar-refractivity contribution < 1.29 is 19.1 Å². The van der Waals surface area contributed by atoms with Crippen LogP contribution >= 0.6 is 27.5 Å². The lowest BCUT2D eigenvalue weighted by atomic mass is 9.72. The van der Waals surface area contributed by atoms with Crippen molar-refractivity contribution in [2.45, 2.75) is 19.8 Å². The number of fused-ring (bicyclic) bond motifs is 1. The van der Waals surface area contributed by atoms with Gasteiger partial charge in [-0.25, -0.2) is 0 Å². The van der Waals surface area contributed by atoms with E-state index in [0.29, 0.717) is 21.9 Å². The average Bonchev–Trinajstić information content (AvgIpc) is 2.60. The van der Waals surface area contributed by atoms with Gasteiger partial charge in [0.05, 0.1) is 0 Å². The summed E-state index contributed by atoms with van der Waals surface area (Å²) in [6, 6.07) is 11.8. The summed E-state index contributed by atoms with van der Waals surface area (Å²) in [5.41, 5.74) is 1.16. The molecule has 0 bridgehead atoms. The van der Waals surface area contributed by atoms with E-state index in [1.54, 1.807) is 49.4 Å². The molecule has 0 unspecified atom stereocenters. The van der Waals surface area contributed by atoms with E-state index in [4.69, 9.17) is 16.3 Å². The molecule has 1 aliphatic rings. The molecule has 0 aromatic heterocycles. The normalized spacial score (nSPS) is 20.1. The number of carbonyl (C=O) groups is 3. The van der Waals surface area contributed by atoms with Crippen LogP contribution in [0.5, 0.6) is 5.75 Å². The monoisotopic (exact) mass is 434 g/mol. The third kappa shape index (κ3) is 3.46. The van der Waals surface area contributed by atoms with Crippen molar-refractivity contribution in [2.24, 2.45) is 11.8 Å². The highest BCUT2D eigenvalue weighted by molar-refractivity contribution is 9.10. The number of benzene rings is 2. The van der Waals surface area contributed by atoms with E-state index >= 15 is 0 Å². The lowest BCUT2D eigenvalue weighted by molar-refractivity contribution is -0.146. The molecule has 0 fully saturated rings. The van der Waals surface area contributed by atoms with Crippen molar-refractivity contribution in [1.82, 2.24) is 0 Å². The minimum absolute atomic E-state index is 0.154. The van der Waals surface area contributed by atoms with Crippen LogP contribution in [0, 0.1) is 11.8 Å². The Morgan fingerprint density at radius 2 is 1.81 bits per heavy atom. The zero-order chi connectivity index (χ0) is 19.0. The largest absolute Gasteiger partial charge is 0.426 e. The third-order valence-electron chi connectivity index (χ3n) is 4.67. The molecule has 0 spiro atoms. The second-order valence-electron chi connectivity index (χ2n) is 6.38. The number of hydrogen-bond donors (Lipinski definition) is 0. The Morgan fingerprint density at radius 3 is 2.42 bits per heavy atom. The van der Waals surface area contributed by atoms with Gasteiger partial charge in [0.1, 0.15) is 17.5 Å². The highest BCUT2D eigenvalue weighted by Crippen LogP contribution is 2.44.